The van der Waals surface area contributed by atoms with Crippen molar-refractivity contribution in [1.29, 1.82) is 0 Å². The normalized spacial score (nSPS) is 35.1. The molecule has 2 aliphatic rings. The van der Waals surface area contributed by atoms with Crippen molar-refractivity contribution in [2.75, 3.05) is 0 Å². The Morgan fingerprint density at radius 1 is 1.05 bits per heavy atom. The quantitative estimate of drug-likeness (QED) is 0.798. The topological polar surface area (TPSA) is 29.5 Å². The first-order chi connectivity index (χ1) is 8.88. The van der Waals surface area contributed by atoms with Crippen LogP contribution in [-0.2, 0) is 4.74 Å². The van der Waals surface area contributed by atoms with Crippen molar-refractivity contribution in [1.82, 2.24) is 0 Å². The van der Waals surface area contributed by atoms with Crippen molar-refractivity contribution in [2.24, 2.45) is 11.8 Å². The summed E-state index contributed by atoms with van der Waals surface area (Å²) in [6, 6.07) is 0. The maximum Gasteiger partial charge on any atom is 0.0620 e. The maximum absolute atomic E-state index is 10.0. The summed E-state index contributed by atoms with van der Waals surface area (Å²) in [7, 11) is 0. The molecule has 0 spiro atoms. The van der Waals surface area contributed by atoms with Crippen LogP contribution in [-0.4, -0.2) is 22.9 Å². The molecule has 1 saturated heterocycles. The van der Waals surface area contributed by atoms with Gasteiger partial charge in [0.25, 0.3) is 0 Å². The van der Waals surface area contributed by atoms with Crippen LogP contribution in [0.2, 0.25) is 0 Å². The largest absolute Gasteiger partial charge is 0.390 e. The highest BCUT2D eigenvalue weighted by Gasteiger charge is 2.39. The third kappa shape index (κ3) is 5.43. The smallest absolute Gasteiger partial charge is 0.0620 e. The van der Waals surface area contributed by atoms with Gasteiger partial charge in [0.05, 0.1) is 17.8 Å². The Bertz CT molecular complexity index is 242. The fraction of sp³-hybridized carbons (Fsp3) is 1.00. The summed E-state index contributed by atoms with van der Waals surface area (Å²) in [5.74, 6) is 1.18. The number of aliphatic hydroxyl groups is 1. The molecule has 0 amide bonds. The lowest BCUT2D eigenvalue weighted by Crippen LogP contribution is -2.44. The first kappa shape index (κ1) is 17.0. The summed E-state index contributed by atoms with van der Waals surface area (Å²) in [4.78, 5) is 0. The molecule has 1 aliphatic heterocycles. The van der Waals surface area contributed by atoms with Gasteiger partial charge in [0.15, 0.2) is 0 Å². The number of hydrogen-bond acceptors (Lipinski definition) is 2. The Labute approximate surface area is 119 Å². The molecule has 0 radical (unpaired) electrons. The van der Waals surface area contributed by atoms with E-state index in [9.17, 15) is 5.11 Å². The van der Waals surface area contributed by atoms with Gasteiger partial charge in [-0.2, -0.15) is 0 Å². The number of hydrogen-bond donors (Lipinski definition) is 1. The van der Waals surface area contributed by atoms with E-state index in [1.165, 1.54) is 38.5 Å². The van der Waals surface area contributed by atoms with Crippen LogP contribution in [0, 0.1) is 11.8 Å². The van der Waals surface area contributed by atoms with E-state index in [4.69, 9.17) is 4.74 Å². The van der Waals surface area contributed by atoms with E-state index in [2.05, 4.69) is 20.8 Å². The van der Waals surface area contributed by atoms with Crippen LogP contribution in [0.15, 0.2) is 0 Å². The van der Waals surface area contributed by atoms with Crippen LogP contribution in [0.3, 0.4) is 0 Å². The summed E-state index contributed by atoms with van der Waals surface area (Å²) < 4.78 is 6.00. The standard InChI is InChI=1S/C13H24O2.C4H10/c1-9-4-5-10-6-7-11(13(2,3)14)8-12(10)15-9;1-3-4-2/h9-12,14H,4-8H2,1-3H3;3-4H2,1-2H3. The Balaban J connectivity index is 0.000000399. The Hall–Kier alpha value is -0.0800. The zero-order chi connectivity index (χ0) is 14.5. The van der Waals surface area contributed by atoms with E-state index < -0.39 is 5.60 Å². The SMILES string of the molecule is CC1CCC2CCC(C(C)(C)O)CC2O1.CCCC. The fourth-order valence-corrected chi connectivity index (χ4v) is 3.15. The number of ether oxygens (including phenoxy) is 1. The van der Waals surface area contributed by atoms with Gasteiger partial charge >= 0.3 is 0 Å². The highest BCUT2D eigenvalue weighted by molar-refractivity contribution is 4.90. The molecule has 2 nitrogen and oxygen atoms in total. The Kier molecular flexibility index (Phi) is 6.82. The third-order valence-electron chi connectivity index (χ3n) is 4.78. The zero-order valence-electron chi connectivity index (χ0n) is 13.6. The van der Waals surface area contributed by atoms with E-state index in [-0.39, 0.29) is 0 Å². The highest BCUT2D eigenvalue weighted by atomic mass is 16.5. The fourth-order valence-electron chi connectivity index (χ4n) is 3.15. The lowest BCUT2D eigenvalue weighted by atomic mass is 9.71. The lowest BCUT2D eigenvalue weighted by molar-refractivity contribution is -0.124. The van der Waals surface area contributed by atoms with Crippen molar-refractivity contribution < 1.29 is 9.84 Å². The molecular formula is C17H34O2. The molecule has 1 aliphatic carbocycles. The molecule has 1 saturated carbocycles. The van der Waals surface area contributed by atoms with Gasteiger partial charge in [-0.15, -0.1) is 0 Å². The van der Waals surface area contributed by atoms with E-state index >= 15 is 0 Å². The monoisotopic (exact) mass is 270 g/mol. The number of fused-ring (bicyclic) bond motifs is 1. The van der Waals surface area contributed by atoms with Crippen LogP contribution in [0.4, 0.5) is 0 Å². The van der Waals surface area contributed by atoms with Crippen molar-refractivity contribution in [3.8, 4) is 0 Å². The molecule has 0 aromatic heterocycles. The summed E-state index contributed by atoms with van der Waals surface area (Å²) in [5, 5.41) is 10.0. The van der Waals surface area contributed by atoms with Gasteiger partial charge in [0.2, 0.25) is 0 Å². The average molecular weight is 270 g/mol. The molecule has 2 heteroatoms. The third-order valence-corrected chi connectivity index (χ3v) is 4.78. The van der Waals surface area contributed by atoms with Crippen LogP contribution in [0.5, 0.6) is 0 Å². The Morgan fingerprint density at radius 2 is 1.63 bits per heavy atom. The van der Waals surface area contributed by atoms with E-state index in [0.29, 0.717) is 18.1 Å². The second-order valence-corrected chi connectivity index (χ2v) is 6.99. The molecule has 1 N–H and O–H groups in total. The lowest BCUT2D eigenvalue weighted by Gasteiger charge is -2.44. The minimum absolute atomic E-state index is 0.416. The summed E-state index contributed by atoms with van der Waals surface area (Å²) in [5.41, 5.74) is -0.533. The van der Waals surface area contributed by atoms with Gasteiger partial charge < -0.3 is 9.84 Å². The van der Waals surface area contributed by atoms with E-state index in [0.717, 1.165) is 12.3 Å². The van der Waals surface area contributed by atoms with Crippen molar-refractivity contribution >= 4 is 0 Å². The summed E-state index contributed by atoms with van der Waals surface area (Å²) in [6.45, 7) is 10.4. The Morgan fingerprint density at radius 3 is 2.16 bits per heavy atom. The first-order valence-corrected chi connectivity index (χ1v) is 8.26. The molecule has 2 fully saturated rings. The average Bonchev–Trinajstić information content (AvgIpc) is 2.37. The molecule has 4 unspecified atom stereocenters. The highest BCUT2D eigenvalue weighted by Crippen LogP contribution is 2.41. The predicted octanol–water partition coefficient (Wildman–Crippen LogP) is 4.55. The molecule has 0 bridgehead atoms. The molecule has 1 heterocycles. The predicted molar refractivity (Wildman–Crippen MR) is 81.3 cm³/mol. The van der Waals surface area contributed by atoms with Gasteiger partial charge in [-0.1, -0.05) is 26.7 Å². The minimum Gasteiger partial charge on any atom is -0.390 e. The van der Waals surface area contributed by atoms with Crippen molar-refractivity contribution in [2.45, 2.75) is 97.4 Å². The number of rotatable bonds is 2. The summed E-state index contributed by atoms with van der Waals surface area (Å²) >= 11 is 0. The van der Waals surface area contributed by atoms with Gasteiger partial charge in [-0.25, -0.2) is 0 Å². The van der Waals surface area contributed by atoms with Crippen molar-refractivity contribution in [3.05, 3.63) is 0 Å². The van der Waals surface area contributed by atoms with E-state index in [1.54, 1.807) is 0 Å². The van der Waals surface area contributed by atoms with Gasteiger partial charge in [-0.3, -0.25) is 0 Å². The van der Waals surface area contributed by atoms with Gasteiger partial charge in [-0.05, 0) is 64.7 Å². The summed E-state index contributed by atoms with van der Waals surface area (Å²) in [6.07, 6.45) is 9.48. The molecular weight excluding hydrogens is 236 g/mol. The van der Waals surface area contributed by atoms with Gasteiger partial charge in [0, 0.05) is 0 Å². The molecule has 4 atom stereocenters. The molecule has 0 aromatic rings. The van der Waals surface area contributed by atoms with Crippen LogP contribution < -0.4 is 0 Å². The van der Waals surface area contributed by atoms with Crippen LogP contribution in [0.25, 0.3) is 0 Å². The first-order valence-electron chi connectivity index (χ1n) is 8.26. The second-order valence-electron chi connectivity index (χ2n) is 6.99. The van der Waals surface area contributed by atoms with Crippen LogP contribution in [0.1, 0.15) is 79.6 Å². The van der Waals surface area contributed by atoms with E-state index in [1.807, 2.05) is 13.8 Å². The molecule has 2 rings (SSSR count). The van der Waals surface area contributed by atoms with Crippen molar-refractivity contribution in [3.63, 3.8) is 0 Å². The van der Waals surface area contributed by atoms with Crippen LogP contribution >= 0.6 is 0 Å². The minimum atomic E-state index is -0.533. The second kappa shape index (κ2) is 7.64. The zero-order valence-corrected chi connectivity index (χ0v) is 13.6. The molecule has 19 heavy (non-hydrogen) atoms. The van der Waals surface area contributed by atoms with Gasteiger partial charge in [0.1, 0.15) is 0 Å². The maximum atomic E-state index is 10.0. The number of unbranched alkanes of at least 4 members (excludes halogenated alkanes) is 1. The molecule has 114 valence electrons. The molecule has 0 aromatic carbocycles.